The van der Waals surface area contributed by atoms with Crippen LogP contribution in [0.5, 0.6) is 5.75 Å². The monoisotopic (exact) mass is 233 g/mol. The first-order valence-electron chi connectivity index (χ1n) is 5.98. The maximum Gasteiger partial charge on any atom is 0.120 e. The van der Waals surface area contributed by atoms with E-state index in [9.17, 15) is 0 Å². The maximum absolute atomic E-state index is 5.61. The van der Waals surface area contributed by atoms with Crippen LogP contribution in [0.1, 0.15) is 33.3 Å². The molecule has 94 valence electrons. The van der Waals surface area contributed by atoms with Crippen molar-refractivity contribution in [2.45, 2.75) is 39.8 Å². The molecule has 0 radical (unpaired) electrons. The van der Waals surface area contributed by atoms with Crippen molar-refractivity contribution in [2.24, 2.45) is 0 Å². The van der Waals surface area contributed by atoms with Gasteiger partial charge in [-0.3, -0.25) is 0 Å². The number of ether oxygens (including phenoxy) is 1. The highest BCUT2D eigenvalue weighted by Crippen LogP contribution is 2.14. The van der Waals surface area contributed by atoms with Crippen LogP contribution in [0.25, 0.3) is 0 Å². The van der Waals surface area contributed by atoms with Crippen LogP contribution in [0.4, 0.5) is 0 Å². The summed E-state index contributed by atoms with van der Waals surface area (Å²) in [6.45, 7) is 13.7. The molecule has 1 N–H and O–H groups in total. The van der Waals surface area contributed by atoms with E-state index in [1.807, 2.05) is 19.1 Å². The van der Waals surface area contributed by atoms with Crippen molar-refractivity contribution in [3.05, 3.63) is 42.0 Å². The second kappa shape index (κ2) is 5.87. The Morgan fingerprint density at radius 2 is 2.06 bits per heavy atom. The average molecular weight is 233 g/mol. The van der Waals surface area contributed by atoms with E-state index in [4.69, 9.17) is 4.74 Å². The minimum absolute atomic E-state index is 0.133. The second-order valence-corrected chi connectivity index (χ2v) is 5.50. The van der Waals surface area contributed by atoms with E-state index in [2.05, 4.69) is 44.8 Å². The van der Waals surface area contributed by atoms with Crippen molar-refractivity contribution in [3.63, 3.8) is 0 Å². The van der Waals surface area contributed by atoms with Crippen LogP contribution in [0.3, 0.4) is 0 Å². The fourth-order valence-electron chi connectivity index (χ4n) is 1.32. The molecule has 0 amide bonds. The first-order valence-corrected chi connectivity index (χ1v) is 5.98. The molecule has 0 spiro atoms. The minimum Gasteiger partial charge on any atom is -0.489 e. The fourth-order valence-corrected chi connectivity index (χ4v) is 1.32. The van der Waals surface area contributed by atoms with Gasteiger partial charge >= 0.3 is 0 Å². The highest BCUT2D eigenvalue weighted by atomic mass is 16.5. The molecule has 0 saturated heterocycles. The smallest absolute Gasteiger partial charge is 0.120 e. The molecule has 0 heterocycles. The average Bonchev–Trinajstić information content (AvgIpc) is 2.23. The molecule has 2 heteroatoms. The molecular formula is C15H23NO. The zero-order chi connectivity index (χ0) is 12.9. The van der Waals surface area contributed by atoms with Crippen molar-refractivity contribution in [1.29, 1.82) is 0 Å². The van der Waals surface area contributed by atoms with Crippen LogP contribution in [0, 0.1) is 0 Å². The number of hydrogen-bond acceptors (Lipinski definition) is 2. The lowest BCUT2D eigenvalue weighted by Gasteiger charge is -2.20. The van der Waals surface area contributed by atoms with Gasteiger partial charge in [0, 0.05) is 12.1 Å². The molecule has 1 rings (SSSR count). The molecule has 0 aliphatic rings. The predicted molar refractivity (Wildman–Crippen MR) is 73.3 cm³/mol. The van der Waals surface area contributed by atoms with Crippen molar-refractivity contribution >= 4 is 0 Å². The standard InChI is InChI=1S/C15H23NO/c1-12(2)11-17-14-8-6-7-13(9-14)10-16-15(3,4)5/h6-9,16H,1,10-11H2,2-5H3. The lowest BCUT2D eigenvalue weighted by atomic mass is 10.1. The van der Waals surface area contributed by atoms with Crippen molar-refractivity contribution in [3.8, 4) is 5.75 Å². The van der Waals surface area contributed by atoms with Gasteiger partial charge in [-0.05, 0) is 51.0 Å². The summed E-state index contributed by atoms with van der Waals surface area (Å²) in [4.78, 5) is 0. The predicted octanol–water partition coefficient (Wildman–Crippen LogP) is 3.53. The molecular weight excluding hydrogens is 210 g/mol. The van der Waals surface area contributed by atoms with Crippen LogP contribution in [-0.2, 0) is 6.54 Å². The highest BCUT2D eigenvalue weighted by molar-refractivity contribution is 5.28. The first kappa shape index (κ1) is 13.8. The molecule has 0 aliphatic carbocycles. The fraction of sp³-hybridized carbons (Fsp3) is 0.467. The summed E-state index contributed by atoms with van der Waals surface area (Å²) >= 11 is 0. The zero-order valence-electron chi connectivity index (χ0n) is 11.3. The zero-order valence-corrected chi connectivity index (χ0v) is 11.3. The van der Waals surface area contributed by atoms with Gasteiger partial charge in [0.2, 0.25) is 0 Å². The van der Waals surface area contributed by atoms with Crippen LogP contribution in [0.15, 0.2) is 36.4 Å². The molecule has 0 fully saturated rings. The maximum atomic E-state index is 5.61. The Kier molecular flexibility index (Phi) is 4.76. The number of benzene rings is 1. The molecule has 17 heavy (non-hydrogen) atoms. The quantitative estimate of drug-likeness (QED) is 0.786. The third-order valence-electron chi connectivity index (χ3n) is 2.21. The molecule has 2 nitrogen and oxygen atoms in total. The Balaban J connectivity index is 2.56. The molecule has 0 saturated carbocycles. The summed E-state index contributed by atoms with van der Waals surface area (Å²) in [6, 6.07) is 8.17. The molecule has 0 aliphatic heterocycles. The third-order valence-corrected chi connectivity index (χ3v) is 2.21. The van der Waals surface area contributed by atoms with Gasteiger partial charge in [-0.2, -0.15) is 0 Å². The van der Waals surface area contributed by atoms with Crippen molar-refractivity contribution in [1.82, 2.24) is 5.32 Å². The van der Waals surface area contributed by atoms with Gasteiger partial charge in [0.05, 0.1) is 0 Å². The number of rotatable bonds is 5. The first-order chi connectivity index (χ1) is 7.87. The van der Waals surface area contributed by atoms with E-state index in [-0.39, 0.29) is 5.54 Å². The van der Waals surface area contributed by atoms with Crippen LogP contribution >= 0.6 is 0 Å². The SMILES string of the molecule is C=C(C)COc1cccc(CNC(C)(C)C)c1. The Bertz CT molecular complexity index is 377. The molecule has 0 aromatic heterocycles. The van der Waals surface area contributed by atoms with Crippen molar-refractivity contribution in [2.75, 3.05) is 6.61 Å². The van der Waals surface area contributed by atoms with E-state index < -0.39 is 0 Å². The summed E-state index contributed by atoms with van der Waals surface area (Å²) in [5.41, 5.74) is 2.40. The summed E-state index contributed by atoms with van der Waals surface area (Å²) in [6.07, 6.45) is 0. The molecule has 0 bridgehead atoms. The topological polar surface area (TPSA) is 21.3 Å². The van der Waals surface area contributed by atoms with E-state index >= 15 is 0 Å². The molecule has 0 unspecified atom stereocenters. The minimum atomic E-state index is 0.133. The third kappa shape index (κ3) is 6.12. The van der Waals surface area contributed by atoms with E-state index in [1.165, 1.54) is 5.56 Å². The summed E-state index contributed by atoms with van der Waals surface area (Å²) in [5, 5.41) is 3.46. The van der Waals surface area contributed by atoms with Crippen molar-refractivity contribution < 1.29 is 4.74 Å². The Hall–Kier alpha value is -1.28. The van der Waals surface area contributed by atoms with Crippen LogP contribution < -0.4 is 10.1 Å². The van der Waals surface area contributed by atoms with E-state index in [0.29, 0.717) is 6.61 Å². The largest absolute Gasteiger partial charge is 0.489 e. The second-order valence-electron chi connectivity index (χ2n) is 5.50. The Morgan fingerprint density at radius 1 is 1.35 bits per heavy atom. The number of hydrogen-bond donors (Lipinski definition) is 1. The molecule has 0 atom stereocenters. The van der Waals surface area contributed by atoms with E-state index in [0.717, 1.165) is 17.9 Å². The summed E-state index contributed by atoms with van der Waals surface area (Å²) < 4.78 is 5.61. The molecule has 1 aromatic carbocycles. The van der Waals surface area contributed by atoms with Gasteiger partial charge in [-0.15, -0.1) is 0 Å². The number of nitrogens with one attached hydrogen (secondary N) is 1. The lowest BCUT2D eigenvalue weighted by Crippen LogP contribution is -2.35. The van der Waals surface area contributed by atoms with Gasteiger partial charge in [-0.25, -0.2) is 0 Å². The lowest BCUT2D eigenvalue weighted by molar-refractivity contribution is 0.351. The van der Waals surface area contributed by atoms with Gasteiger partial charge < -0.3 is 10.1 Å². The van der Waals surface area contributed by atoms with E-state index in [1.54, 1.807) is 0 Å². The van der Waals surface area contributed by atoms with Crippen LogP contribution in [0.2, 0.25) is 0 Å². The van der Waals surface area contributed by atoms with Crippen LogP contribution in [-0.4, -0.2) is 12.1 Å². The van der Waals surface area contributed by atoms with Gasteiger partial charge in [-0.1, -0.05) is 18.7 Å². The Morgan fingerprint density at radius 3 is 2.65 bits per heavy atom. The summed E-state index contributed by atoms with van der Waals surface area (Å²) in [7, 11) is 0. The normalized spacial score (nSPS) is 11.3. The van der Waals surface area contributed by atoms with Gasteiger partial charge in [0.1, 0.15) is 12.4 Å². The summed E-state index contributed by atoms with van der Waals surface area (Å²) in [5.74, 6) is 0.904. The molecule has 1 aromatic rings. The Labute approximate surface area is 105 Å². The highest BCUT2D eigenvalue weighted by Gasteiger charge is 2.08. The van der Waals surface area contributed by atoms with Gasteiger partial charge in [0.25, 0.3) is 0 Å². The van der Waals surface area contributed by atoms with Gasteiger partial charge in [0.15, 0.2) is 0 Å².